The lowest BCUT2D eigenvalue weighted by Gasteiger charge is -2.15. The summed E-state index contributed by atoms with van der Waals surface area (Å²) in [5, 5.41) is 7.35. The van der Waals surface area contributed by atoms with E-state index in [1.54, 1.807) is 0 Å². The van der Waals surface area contributed by atoms with E-state index in [2.05, 4.69) is 10.6 Å². The van der Waals surface area contributed by atoms with Crippen LogP contribution in [-0.4, -0.2) is 18.5 Å². The van der Waals surface area contributed by atoms with E-state index in [1.165, 1.54) is 49.9 Å². The summed E-state index contributed by atoms with van der Waals surface area (Å²) >= 11 is 1.46. The minimum Gasteiger partial charge on any atom is -0.397 e. The van der Waals surface area contributed by atoms with Crippen molar-refractivity contribution in [1.29, 1.82) is 0 Å². The van der Waals surface area contributed by atoms with Crippen molar-refractivity contribution < 1.29 is 4.79 Å². The monoisotopic (exact) mass is 281 g/mol. The van der Waals surface area contributed by atoms with Crippen molar-refractivity contribution in [3.63, 3.8) is 0 Å². The highest BCUT2D eigenvalue weighted by Gasteiger charge is 2.17. The van der Waals surface area contributed by atoms with Crippen molar-refractivity contribution in [3.05, 3.63) is 10.9 Å². The first kappa shape index (κ1) is 14.2. The number of carbonyl (C=O) groups is 1. The summed E-state index contributed by atoms with van der Waals surface area (Å²) in [6, 6.07) is 2.42. The zero-order valence-corrected chi connectivity index (χ0v) is 12.3. The Morgan fingerprint density at radius 2 is 2.05 bits per heavy atom. The third kappa shape index (κ3) is 3.86. The number of hydrogen-bond donors (Lipinski definition) is 3. The molecule has 1 amide bonds. The number of nitrogens with two attached hydrogens (primary N) is 1. The summed E-state index contributed by atoms with van der Waals surface area (Å²) in [7, 11) is 0. The molecule has 0 bridgehead atoms. The predicted molar refractivity (Wildman–Crippen MR) is 81.9 cm³/mol. The maximum Gasteiger partial charge on any atom is 0.263 e. The summed E-state index contributed by atoms with van der Waals surface area (Å²) in [4.78, 5) is 12.4. The quantitative estimate of drug-likeness (QED) is 0.742. The number of thiophene rings is 1. The van der Waals surface area contributed by atoms with Crippen LogP contribution in [0.15, 0.2) is 6.07 Å². The Morgan fingerprint density at radius 1 is 1.37 bits per heavy atom. The van der Waals surface area contributed by atoms with E-state index in [-0.39, 0.29) is 5.91 Å². The molecule has 0 unspecified atom stereocenters. The first-order valence-electron chi connectivity index (χ1n) is 7.14. The van der Waals surface area contributed by atoms with Gasteiger partial charge in [0.1, 0.15) is 4.88 Å². The molecule has 1 aromatic heterocycles. The van der Waals surface area contributed by atoms with E-state index in [0.717, 1.165) is 5.00 Å². The maximum absolute atomic E-state index is 11.8. The van der Waals surface area contributed by atoms with Crippen molar-refractivity contribution >= 4 is 27.9 Å². The molecule has 4 nitrogen and oxygen atoms in total. The number of nitrogen functional groups attached to an aromatic ring is 1. The number of hydrogen-bond acceptors (Lipinski definition) is 4. The highest BCUT2D eigenvalue weighted by molar-refractivity contribution is 7.18. The molecule has 1 heterocycles. The van der Waals surface area contributed by atoms with E-state index in [0.29, 0.717) is 23.2 Å². The van der Waals surface area contributed by atoms with Gasteiger partial charge in [0.05, 0.1) is 10.7 Å². The van der Waals surface area contributed by atoms with Crippen LogP contribution >= 0.6 is 11.3 Å². The minimum atomic E-state index is -0.0704. The second-order valence-electron chi connectivity index (χ2n) is 5.09. The molecule has 4 N–H and O–H groups in total. The van der Waals surface area contributed by atoms with Crippen LogP contribution in [0.25, 0.3) is 0 Å². The van der Waals surface area contributed by atoms with Crippen LogP contribution < -0.4 is 16.4 Å². The average Bonchev–Trinajstić information content (AvgIpc) is 2.59. The molecule has 0 saturated heterocycles. The third-order valence-electron chi connectivity index (χ3n) is 3.51. The van der Waals surface area contributed by atoms with E-state index in [1.807, 2.05) is 13.0 Å². The lowest BCUT2D eigenvalue weighted by Crippen LogP contribution is -2.22. The molecule has 106 valence electrons. The molecule has 0 atom stereocenters. The highest BCUT2D eigenvalue weighted by Crippen LogP contribution is 2.31. The standard InChI is InChI=1S/C14H23N3OS/c1-2-16-14(18)13-11(15)9-12(19-13)17-10-7-5-3-4-6-8-10/h9-10,17H,2-8,15H2,1H3,(H,16,18). The number of nitrogens with one attached hydrogen (secondary N) is 2. The van der Waals surface area contributed by atoms with Gasteiger partial charge < -0.3 is 16.4 Å². The molecule has 2 rings (SSSR count). The molecular formula is C14H23N3OS. The van der Waals surface area contributed by atoms with Crippen molar-refractivity contribution in [2.24, 2.45) is 0 Å². The molecule has 0 spiro atoms. The second kappa shape index (κ2) is 6.80. The largest absolute Gasteiger partial charge is 0.397 e. The van der Waals surface area contributed by atoms with Gasteiger partial charge in [-0.3, -0.25) is 4.79 Å². The first-order valence-corrected chi connectivity index (χ1v) is 7.96. The first-order chi connectivity index (χ1) is 9.20. The highest BCUT2D eigenvalue weighted by atomic mass is 32.1. The zero-order valence-electron chi connectivity index (χ0n) is 11.5. The fourth-order valence-electron chi connectivity index (χ4n) is 2.52. The van der Waals surface area contributed by atoms with Gasteiger partial charge in [-0.15, -0.1) is 11.3 Å². The molecule has 5 heteroatoms. The van der Waals surface area contributed by atoms with Crippen LogP contribution in [0.4, 0.5) is 10.7 Å². The molecular weight excluding hydrogens is 258 g/mol. The van der Waals surface area contributed by atoms with Gasteiger partial charge in [0, 0.05) is 12.6 Å². The lowest BCUT2D eigenvalue weighted by atomic mass is 10.1. The van der Waals surface area contributed by atoms with E-state index >= 15 is 0 Å². The molecule has 19 heavy (non-hydrogen) atoms. The Kier molecular flexibility index (Phi) is 5.07. The third-order valence-corrected chi connectivity index (χ3v) is 4.59. The van der Waals surface area contributed by atoms with Crippen molar-refractivity contribution in [2.75, 3.05) is 17.6 Å². The van der Waals surface area contributed by atoms with Gasteiger partial charge in [-0.1, -0.05) is 25.7 Å². The van der Waals surface area contributed by atoms with E-state index in [4.69, 9.17) is 5.73 Å². The fourth-order valence-corrected chi connectivity index (χ4v) is 3.49. The summed E-state index contributed by atoms with van der Waals surface area (Å²) in [6.07, 6.45) is 7.70. The van der Waals surface area contributed by atoms with E-state index in [9.17, 15) is 4.79 Å². The molecule has 1 fully saturated rings. The predicted octanol–water partition coefficient (Wildman–Crippen LogP) is 3.21. The van der Waals surface area contributed by atoms with Gasteiger partial charge in [-0.2, -0.15) is 0 Å². The molecule has 0 aromatic carbocycles. The average molecular weight is 281 g/mol. The number of rotatable bonds is 4. The Balaban J connectivity index is 2.00. The Morgan fingerprint density at radius 3 is 2.68 bits per heavy atom. The van der Waals surface area contributed by atoms with E-state index < -0.39 is 0 Å². The Labute approximate surface area is 118 Å². The number of amides is 1. The fraction of sp³-hybridized carbons (Fsp3) is 0.643. The Bertz CT molecular complexity index is 422. The molecule has 0 aliphatic heterocycles. The van der Waals surface area contributed by atoms with Crippen LogP contribution in [-0.2, 0) is 0 Å². The summed E-state index contributed by atoms with van der Waals surface area (Å²) in [5.74, 6) is -0.0704. The summed E-state index contributed by atoms with van der Waals surface area (Å²) in [6.45, 7) is 2.54. The smallest absolute Gasteiger partial charge is 0.263 e. The van der Waals surface area contributed by atoms with Crippen molar-refractivity contribution in [1.82, 2.24) is 5.32 Å². The van der Waals surface area contributed by atoms with Gasteiger partial charge in [-0.05, 0) is 25.8 Å². The van der Waals surface area contributed by atoms with Gasteiger partial charge in [0.15, 0.2) is 0 Å². The van der Waals surface area contributed by atoms with Crippen LogP contribution in [0.1, 0.15) is 55.1 Å². The Hall–Kier alpha value is -1.23. The van der Waals surface area contributed by atoms with Gasteiger partial charge in [0.25, 0.3) is 5.91 Å². The van der Waals surface area contributed by atoms with Crippen LogP contribution in [0, 0.1) is 0 Å². The summed E-state index contributed by atoms with van der Waals surface area (Å²) in [5.41, 5.74) is 6.49. The topological polar surface area (TPSA) is 67.2 Å². The van der Waals surface area contributed by atoms with Gasteiger partial charge >= 0.3 is 0 Å². The second-order valence-corrected chi connectivity index (χ2v) is 6.14. The van der Waals surface area contributed by atoms with Crippen LogP contribution in [0.2, 0.25) is 0 Å². The number of anilines is 2. The van der Waals surface area contributed by atoms with Gasteiger partial charge in [-0.25, -0.2) is 0 Å². The minimum absolute atomic E-state index is 0.0704. The lowest BCUT2D eigenvalue weighted by molar-refractivity contribution is 0.0960. The molecule has 1 aliphatic rings. The zero-order chi connectivity index (χ0) is 13.7. The normalized spacial score (nSPS) is 16.9. The molecule has 1 aromatic rings. The maximum atomic E-state index is 11.8. The molecule has 1 aliphatic carbocycles. The van der Waals surface area contributed by atoms with Crippen molar-refractivity contribution in [3.8, 4) is 0 Å². The SMILES string of the molecule is CCNC(=O)c1sc(NC2CCCCCC2)cc1N. The van der Waals surface area contributed by atoms with Gasteiger partial charge in [0.2, 0.25) is 0 Å². The molecule has 0 radical (unpaired) electrons. The van der Waals surface area contributed by atoms with Crippen molar-refractivity contribution in [2.45, 2.75) is 51.5 Å². The van der Waals surface area contributed by atoms with Crippen LogP contribution in [0.5, 0.6) is 0 Å². The molecule has 1 saturated carbocycles. The number of carbonyl (C=O) groups excluding carboxylic acids is 1. The van der Waals surface area contributed by atoms with Crippen LogP contribution in [0.3, 0.4) is 0 Å². The summed E-state index contributed by atoms with van der Waals surface area (Å²) < 4.78 is 0.